The number of rotatable bonds is 7. The van der Waals surface area contributed by atoms with Gasteiger partial charge in [-0.05, 0) is 37.8 Å². The van der Waals surface area contributed by atoms with Gasteiger partial charge in [0, 0.05) is 25.2 Å². The number of sulfonamides is 1. The third-order valence-corrected chi connectivity index (χ3v) is 6.69. The van der Waals surface area contributed by atoms with Crippen LogP contribution in [0.15, 0.2) is 23.1 Å². The molecule has 1 amide bonds. The van der Waals surface area contributed by atoms with Crippen LogP contribution in [0.25, 0.3) is 0 Å². The van der Waals surface area contributed by atoms with E-state index in [1.165, 1.54) is 12.1 Å². The van der Waals surface area contributed by atoms with Gasteiger partial charge >= 0.3 is 0 Å². The molecule has 2 fully saturated rings. The van der Waals surface area contributed by atoms with Crippen LogP contribution in [-0.2, 0) is 14.8 Å². The number of nitro benzene ring substituents is 1. The maximum absolute atomic E-state index is 12.5. The van der Waals surface area contributed by atoms with E-state index in [4.69, 9.17) is 0 Å². The van der Waals surface area contributed by atoms with Crippen molar-refractivity contribution in [3.8, 4) is 0 Å². The summed E-state index contributed by atoms with van der Waals surface area (Å²) in [6.07, 6.45) is 6.99. The Balaban J connectivity index is 1.67. The Morgan fingerprint density at radius 2 is 1.82 bits per heavy atom. The van der Waals surface area contributed by atoms with Gasteiger partial charge in [-0.15, -0.1) is 0 Å². The second kappa shape index (κ2) is 8.87. The molecule has 0 aromatic heterocycles. The Morgan fingerprint density at radius 3 is 2.46 bits per heavy atom. The van der Waals surface area contributed by atoms with Gasteiger partial charge in [0.25, 0.3) is 5.69 Å². The summed E-state index contributed by atoms with van der Waals surface area (Å²) in [6.45, 7) is 1.04. The molecule has 1 aromatic rings. The predicted octanol–water partition coefficient (Wildman–Crippen LogP) is 1.92. The molecule has 154 valence electrons. The number of carbonyl (C=O) groups is 1. The lowest BCUT2D eigenvalue weighted by Crippen LogP contribution is -2.42. The molecule has 1 aliphatic heterocycles. The first-order valence-corrected chi connectivity index (χ1v) is 11.2. The quantitative estimate of drug-likeness (QED) is 0.523. The molecule has 28 heavy (non-hydrogen) atoms. The van der Waals surface area contributed by atoms with Crippen LogP contribution in [0.3, 0.4) is 0 Å². The zero-order chi connectivity index (χ0) is 20.1. The van der Waals surface area contributed by atoms with Crippen LogP contribution < -0.4 is 14.9 Å². The van der Waals surface area contributed by atoms with Gasteiger partial charge in [0.2, 0.25) is 15.9 Å². The highest BCUT2D eigenvalue weighted by molar-refractivity contribution is 7.89. The molecule has 0 radical (unpaired) electrons. The molecule has 9 nitrogen and oxygen atoms in total. The summed E-state index contributed by atoms with van der Waals surface area (Å²) in [5.41, 5.74) is 0.188. The molecule has 3 rings (SSSR count). The number of nitrogens with one attached hydrogen (secondary N) is 2. The molecule has 0 atom stereocenters. The summed E-state index contributed by atoms with van der Waals surface area (Å²) >= 11 is 0. The maximum Gasteiger partial charge on any atom is 0.293 e. The smallest absolute Gasteiger partial charge is 0.293 e. The van der Waals surface area contributed by atoms with Gasteiger partial charge in [-0.2, -0.15) is 0 Å². The topological polar surface area (TPSA) is 122 Å². The summed E-state index contributed by atoms with van der Waals surface area (Å²) in [5, 5.41) is 14.3. The molecule has 1 aromatic carbocycles. The molecular formula is C18H26N4O5S. The van der Waals surface area contributed by atoms with Gasteiger partial charge < -0.3 is 10.2 Å². The Kier molecular flexibility index (Phi) is 6.50. The van der Waals surface area contributed by atoms with Crippen LogP contribution >= 0.6 is 0 Å². The summed E-state index contributed by atoms with van der Waals surface area (Å²) in [6, 6.07) is 3.98. The summed E-state index contributed by atoms with van der Waals surface area (Å²) in [5.74, 6) is -0.390. The van der Waals surface area contributed by atoms with E-state index in [9.17, 15) is 23.3 Å². The van der Waals surface area contributed by atoms with E-state index in [-0.39, 0.29) is 23.2 Å². The molecule has 2 aliphatic rings. The third kappa shape index (κ3) is 4.99. The summed E-state index contributed by atoms with van der Waals surface area (Å²) in [4.78, 5) is 24.6. The number of nitrogens with zero attached hydrogens (tertiary/aromatic N) is 2. The van der Waals surface area contributed by atoms with E-state index >= 15 is 0 Å². The normalized spacial score (nSPS) is 18.2. The van der Waals surface area contributed by atoms with Crippen LogP contribution in [-0.4, -0.2) is 44.9 Å². The van der Waals surface area contributed by atoms with Crippen molar-refractivity contribution >= 4 is 27.3 Å². The lowest BCUT2D eigenvalue weighted by molar-refractivity contribution is -0.384. The number of carbonyl (C=O) groups excluding carboxylic acids is 1. The Morgan fingerprint density at radius 1 is 1.14 bits per heavy atom. The molecule has 1 saturated carbocycles. The fourth-order valence-corrected chi connectivity index (χ4v) is 4.81. The van der Waals surface area contributed by atoms with Crippen LogP contribution in [0, 0.1) is 10.1 Å². The first-order chi connectivity index (χ1) is 13.4. The predicted molar refractivity (Wildman–Crippen MR) is 105 cm³/mol. The van der Waals surface area contributed by atoms with Gasteiger partial charge in [-0.1, -0.05) is 19.3 Å². The second-order valence-corrected chi connectivity index (χ2v) is 9.10. The van der Waals surface area contributed by atoms with Crippen molar-refractivity contribution in [2.75, 3.05) is 24.5 Å². The molecular weight excluding hydrogens is 384 g/mol. The largest absolute Gasteiger partial charge is 0.366 e. The SMILES string of the molecule is O=C(CNS(=O)(=O)c1ccc(N2CCCC2)c([N+](=O)[O-])c1)NC1CCCCC1. The first-order valence-electron chi connectivity index (χ1n) is 9.69. The van der Waals surface area contributed by atoms with Crippen molar-refractivity contribution in [3.63, 3.8) is 0 Å². The molecule has 1 heterocycles. The van der Waals surface area contributed by atoms with Gasteiger partial charge in [-0.25, -0.2) is 13.1 Å². The number of benzene rings is 1. The van der Waals surface area contributed by atoms with E-state index in [0.29, 0.717) is 18.8 Å². The van der Waals surface area contributed by atoms with E-state index < -0.39 is 20.9 Å². The van der Waals surface area contributed by atoms with E-state index in [0.717, 1.165) is 51.0 Å². The summed E-state index contributed by atoms with van der Waals surface area (Å²) < 4.78 is 27.3. The van der Waals surface area contributed by atoms with Crippen LogP contribution in [0.4, 0.5) is 11.4 Å². The van der Waals surface area contributed by atoms with Crippen molar-refractivity contribution in [2.45, 2.75) is 55.9 Å². The number of hydrogen-bond acceptors (Lipinski definition) is 6. The lowest BCUT2D eigenvalue weighted by Gasteiger charge is -2.22. The minimum absolute atomic E-state index is 0.0894. The van der Waals surface area contributed by atoms with Crippen molar-refractivity contribution in [2.24, 2.45) is 0 Å². The number of hydrogen-bond donors (Lipinski definition) is 2. The monoisotopic (exact) mass is 410 g/mol. The Hall–Kier alpha value is -2.20. The Labute approximate surface area is 164 Å². The lowest BCUT2D eigenvalue weighted by atomic mass is 9.95. The molecule has 0 unspecified atom stereocenters. The fraction of sp³-hybridized carbons (Fsp3) is 0.611. The molecule has 0 spiro atoms. The number of nitro groups is 1. The van der Waals surface area contributed by atoms with Gasteiger partial charge in [0.05, 0.1) is 16.4 Å². The highest BCUT2D eigenvalue weighted by Crippen LogP contribution is 2.32. The summed E-state index contributed by atoms with van der Waals surface area (Å²) in [7, 11) is -4.03. The zero-order valence-corrected chi connectivity index (χ0v) is 16.5. The highest BCUT2D eigenvalue weighted by Gasteiger charge is 2.26. The van der Waals surface area contributed by atoms with Crippen LogP contribution in [0.2, 0.25) is 0 Å². The fourth-order valence-electron chi connectivity index (χ4n) is 3.81. The zero-order valence-electron chi connectivity index (χ0n) is 15.7. The van der Waals surface area contributed by atoms with Gasteiger partial charge in [-0.3, -0.25) is 14.9 Å². The van der Waals surface area contributed by atoms with E-state index in [2.05, 4.69) is 10.0 Å². The minimum atomic E-state index is -4.03. The first kappa shape index (κ1) is 20.5. The third-order valence-electron chi connectivity index (χ3n) is 5.29. The van der Waals surface area contributed by atoms with Crippen molar-refractivity contribution in [3.05, 3.63) is 28.3 Å². The van der Waals surface area contributed by atoms with Crippen LogP contribution in [0.1, 0.15) is 44.9 Å². The van der Waals surface area contributed by atoms with Crippen molar-refractivity contribution in [1.82, 2.24) is 10.0 Å². The van der Waals surface area contributed by atoms with Gasteiger partial charge in [0.15, 0.2) is 0 Å². The minimum Gasteiger partial charge on any atom is -0.366 e. The molecule has 0 bridgehead atoms. The molecule has 10 heteroatoms. The van der Waals surface area contributed by atoms with Gasteiger partial charge in [0.1, 0.15) is 5.69 Å². The Bertz CT molecular complexity index is 830. The van der Waals surface area contributed by atoms with Crippen molar-refractivity contribution in [1.29, 1.82) is 0 Å². The molecule has 2 N–H and O–H groups in total. The average molecular weight is 410 g/mol. The molecule has 1 aliphatic carbocycles. The number of anilines is 1. The number of amides is 1. The van der Waals surface area contributed by atoms with Crippen molar-refractivity contribution < 1.29 is 18.1 Å². The van der Waals surface area contributed by atoms with E-state index in [1.807, 2.05) is 4.90 Å². The molecule has 1 saturated heterocycles. The standard InChI is InChI=1S/C18H26N4O5S/c23-18(20-14-6-2-1-3-7-14)13-19-28(26,27)15-8-9-16(17(12-15)22(24)25)21-10-4-5-11-21/h8-9,12,14,19H,1-7,10-11,13H2,(H,20,23). The second-order valence-electron chi connectivity index (χ2n) is 7.33. The van der Waals surface area contributed by atoms with Crippen LogP contribution in [0.5, 0.6) is 0 Å². The maximum atomic E-state index is 12.5. The average Bonchev–Trinajstić information content (AvgIpc) is 3.21. The highest BCUT2D eigenvalue weighted by atomic mass is 32.2. The van der Waals surface area contributed by atoms with E-state index in [1.54, 1.807) is 0 Å².